The molecule has 2 aromatic carbocycles. The zero-order chi connectivity index (χ0) is 32.4. The Labute approximate surface area is 259 Å². The summed E-state index contributed by atoms with van der Waals surface area (Å²) in [6, 6.07) is 1.97. The molecule has 6 rings (SSSR count). The number of rotatable bonds is 5. The molecule has 4 heterocycles. The number of hydrogen-bond acceptors (Lipinski definition) is 6. The molecule has 2 fully saturated rings. The smallest absolute Gasteiger partial charge is 0.352 e. The lowest BCUT2D eigenvalue weighted by molar-refractivity contribution is -0.137. The third-order valence-corrected chi connectivity index (χ3v) is 10.0. The number of nitrogens with zero attached hydrogens (tertiary/aromatic N) is 5. The molecule has 3 aliphatic rings. The molecule has 0 spiro atoms. The first-order chi connectivity index (χ1) is 21.3. The minimum Gasteiger partial charge on any atom is -0.352 e. The summed E-state index contributed by atoms with van der Waals surface area (Å²) in [4.78, 5) is 36.0. The maximum atomic E-state index is 15.2. The van der Waals surface area contributed by atoms with Gasteiger partial charge in [0.25, 0.3) is 0 Å². The number of anilines is 1. The fourth-order valence-corrected chi connectivity index (χ4v) is 8.26. The number of halogens is 6. The normalized spacial score (nSPS) is 24.0. The second-order valence-corrected chi connectivity index (χ2v) is 12.9. The van der Waals surface area contributed by atoms with Crippen LogP contribution >= 0.6 is 11.8 Å². The second kappa shape index (κ2) is 11.7. The van der Waals surface area contributed by atoms with Crippen LogP contribution in [0.1, 0.15) is 31.9 Å². The SMILES string of the molecule is C=CC(=O)N1[C@H](C)CN(c2nc(=O)n3c4c(c(-c5ccc(F)cc5F)c(C(F)(F)F)cc24)SCC3CN2CCC(F)C2)C[C@@H]1C. The maximum absolute atomic E-state index is 15.2. The van der Waals surface area contributed by atoms with Crippen molar-refractivity contribution < 1.29 is 31.1 Å². The van der Waals surface area contributed by atoms with Gasteiger partial charge in [-0.3, -0.25) is 14.3 Å². The largest absolute Gasteiger partial charge is 0.417 e. The van der Waals surface area contributed by atoms with Gasteiger partial charge in [0.1, 0.15) is 23.6 Å². The Morgan fingerprint density at radius 1 is 1.13 bits per heavy atom. The van der Waals surface area contributed by atoms with Gasteiger partial charge in [-0.2, -0.15) is 18.2 Å². The zero-order valence-electron chi connectivity index (χ0n) is 24.6. The fourth-order valence-electron chi connectivity index (χ4n) is 6.93. The van der Waals surface area contributed by atoms with Crippen molar-refractivity contribution in [3.63, 3.8) is 0 Å². The quantitative estimate of drug-likeness (QED) is 0.262. The Bertz CT molecular complexity index is 1730. The van der Waals surface area contributed by atoms with Crippen molar-refractivity contribution in [3.05, 3.63) is 64.6 Å². The van der Waals surface area contributed by atoms with Crippen LogP contribution in [-0.4, -0.2) is 82.0 Å². The van der Waals surface area contributed by atoms with Crippen molar-refractivity contribution in [2.75, 3.05) is 43.4 Å². The molecule has 14 heteroatoms. The summed E-state index contributed by atoms with van der Waals surface area (Å²) in [6.07, 6.45) is -4.41. The summed E-state index contributed by atoms with van der Waals surface area (Å²) in [6.45, 7) is 8.43. The van der Waals surface area contributed by atoms with Crippen LogP contribution in [0.3, 0.4) is 0 Å². The van der Waals surface area contributed by atoms with Gasteiger partial charge in [-0.05, 0) is 44.5 Å². The van der Waals surface area contributed by atoms with Crippen molar-refractivity contribution in [3.8, 4) is 11.1 Å². The molecule has 1 amide bonds. The van der Waals surface area contributed by atoms with E-state index in [1.165, 1.54) is 10.6 Å². The van der Waals surface area contributed by atoms with E-state index in [0.717, 1.165) is 30.0 Å². The molecular weight excluding hydrogens is 620 g/mol. The van der Waals surface area contributed by atoms with Crippen LogP contribution in [0, 0.1) is 11.6 Å². The molecule has 3 aromatic rings. The Morgan fingerprint density at radius 2 is 1.84 bits per heavy atom. The van der Waals surface area contributed by atoms with E-state index < -0.39 is 52.4 Å². The molecule has 0 saturated carbocycles. The van der Waals surface area contributed by atoms with E-state index in [1.807, 2.05) is 4.90 Å². The van der Waals surface area contributed by atoms with Crippen LogP contribution in [-0.2, 0) is 11.0 Å². The number of alkyl halides is 4. The standard InChI is InChI=1S/C31H31F6N5O2S/c1-4-25(43)41-16(2)11-40(12-17(41)3)29-22-10-23(31(35,36)37)26(21-6-5-18(32)9-24(21)34)28-27(22)42(30(44)38-29)20(15-45-28)14-39-8-7-19(33)13-39/h4-6,9-10,16-17,19-20H,1,7-8,11-15H2,2-3H3/t16-,17+,19?,20?. The number of carbonyl (C=O) groups is 1. The van der Waals surface area contributed by atoms with Gasteiger partial charge in [-0.25, -0.2) is 18.0 Å². The first kappa shape index (κ1) is 31.5. The molecule has 1 aromatic heterocycles. The predicted molar refractivity (Wildman–Crippen MR) is 160 cm³/mol. The number of hydrogen-bond donors (Lipinski definition) is 0. The Hall–Kier alpha value is -3.52. The van der Waals surface area contributed by atoms with E-state index >= 15 is 4.39 Å². The van der Waals surface area contributed by atoms with Gasteiger partial charge >= 0.3 is 11.9 Å². The molecule has 0 N–H and O–H groups in total. The predicted octanol–water partition coefficient (Wildman–Crippen LogP) is 5.66. The van der Waals surface area contributed by atoms with Crippen molar-refractivity contribution in [1.82, 2.24) is 19.4 Å². The van der Waals surface area contributed by atoms with Crippen molar-refractivity contribution in [2.45, 2.75) is 55.6 Å². The maximum Gasteiger partial charge on any atom is 0.417 e. The topological polar surface area (TPSA) is 61.7 Å². The number of aromatic nitrogens is 2. The van der Waals surface area contributed by atoms with Crippen molar-refractivity contribution in [2.24, 2.45) is 0 Å². The van der Waals surface area contributed by atoms with Crippen LogP contribution in [0.25, 0.3) is 22.0 Å². The molecule has 2 saturated heterocycles. The van der Waals surface area contributed by atoms with E-state index in [4.69, 9.17) is 0 Å². The molecule has 240 valence electrons. The summed E-state index contributed by atoms with van der Waals surface area (Å²) < 4.78 is 89.0. The van der Waals surface area contributed by atoms with E-state index in [-0.39, 0.29) is 71.5 Å². The van der Waals surface area contributed by atoms with Crippen LogP contribution in [0.4, 0.5) is 32.2 Å². The highest BCUT2D eigenvalue weighted by Gasteiger charge is 2.41. The summed E-state index contributed by atoms with van der Waals surface area (Å²) in [7, 11) is 0. The first-order valence-corrected chi connectivity index (χ1v) is 15.6. The minimum atomic E-state index is -4.95. The van der Waals surface area contributed by atoms with Crippen LogP contribution in [0.5, 0.6) is 0 Å². The Morgan fingerprint density at radius 3 is 2.44 bits per heavy atom. The number of likely N-dealkylation sites (tertiary alicyclic amines) is 1. The molecule has 3 aliphatic heterocycles. The average Bonchev–Trinajstić information content (AvgIpc) is 3.38. The number of thioether (sulfide) groups is 1. The summed E-state index contributed by atoms with van der Waals surface area (Å²) >= 11 is 1.06. The fraction of sp³-hybridized carbons (Fsp3) is 0.452. The van der Waals surface area contributed by atoms with E-state index in [2.05, 4.69) is 11.6 Å². The number of amides is 1. The number of benzene rings is 2. The molecule has 0 aliphatic carbocycles. The van der Waals surface area contributed by atoms with Crippen molar-refractivity contribution in [1.29, 1.82) is 0 Å². The highest BCUT2D eigenvalue weighted by molar-refractivity contribution is 7.99. The van der Waals surface area contributed by atoms with Gasteiger partial charge < -0.3 is 9.80 Å². The highest BCUT2D eigenvalue weighted by Crippen LogP contribution is 2.50. The highest BCUT2D eigenvalue weighted by atomic mass is 32.2. The van der Waals surface area contributed by atoms with Gasteiger partial charge in [0.2, 0.25) is 5.91 Å². The van der Waals surface area contributed by atoms with Crippen LogP contribution in [0.15, 0.2) is 46.6 Å². The van der Waals surface area contributed by atoms with Gasteiger partial charge in [0.05, 0.1) is 17.1 Å². The van der Waals surface area contributed by atoms with E-state index in [9.17, 15) is 31.5 Å². The second-order valence-electron chi connectivity index (χ2n) is 11.9. The third kappa shape index (κ3) is 5.60. The zero-order valence-corrected chi connectivity index (χ0v) is 25.4. The average molecular weight is 652 g/mol. The monoisotopic (exact) mass is 651 g/mol. The Kier molecular flexibility index (Phi) is 8.17. The third-order valence-electron chi connectivity index (χ3n) is 8.77. The van der Waals surface area contributed by atoms with Gasteiger partial charge in [-0.15, -0.1) is 11.8 Å². The number of carbonyl (C=O) groups excluding carboxylic acids is 1. The summed E-state index contributed by atoms with van der Waals surface area (Å²) in [5.41, 5.74) is -2.60. The lowest BCUT2D eigenvalue weighted by Crippen LogP contribution is -2.58. The van der Waals surface area contributed by atoms with Crippen LogP contribution < -0.4 is 10.6 Å². The van der Waals surface area contributed by atoms with Crippen molar-refractivity contribution >= 4 is 34.4 Å². The van der Waals surface area contributed by atoms with Gasteiger partial charge in [0, 0.05) is 78.0 Å². The molecule has 0 radical (unpaired) electrons. The molecule has 0 bridgehead atoms. The lowest BCUT2D eigenvalue weighted by atomic mass is 9.95. The van der Waals surface area contributed by atoms with Gasteiger partial charge in [-0.1, -0.05) is 6.58 Å². The first-order valence-electron chi connectivity index (χ1n) is 14.6. The minimum absolute atomic E-state index is 0.0276. The number of piperazine rings is 1. The van der Waals surface area contributed by atoms with E-state index in [1.54, 1.807) is 23.6 Å². The Balaban J connectivity index is 1.61. The molecular formula is C31H31F6N5O2S. The lowest BCUT2D eigenvalue weighted by Gasteiger charge is -2.45. The van der Waals surface area contributed by atoms with E-state index in [0.29, 0.717) is 19.0 Å². The summed E-state index contributed by atoms with van der Waals surface area (Å²) in [5, 5.41) is 0.0492. The molecule has 45 heavy (non-hydrogen) atoms. The molecule has 2 unspecified atom stereocenters. The molecule has 7 nitrogen and oxygen atoms in total. The van der Waals surface area contributed by atoms with Crippen LogP contribution in [0.2, 0.25) is 0 Å². The molecule has 4 atom stereocenters. The van der Waals surface area contributed by atoms with Gasteiger partial charge in [0.15, 0.2) is 0 Å². The summed E-state index contributed by atoms with van der Waals surface area (Å²) in [5.74, 6) is -2.21.